The molecule has 4 aromatic rings. The quantitative estimate of drug-likeness (QED) is 0.247. The van der Waals surface area contributed by atoms with Crippen LogP contribution < -0.4 is 19.9 Å². The number of halogens is 3. The summed E-state index contributed by atoms with van der Waals surface area (Å²) in [5.41, 5.74) is 5.09. The van der Waals surface area contributed by atoms with E-state index >= 15 is 0 Å². The number of amides is 2. The Bertz CT molecular complexity index is 1590. The molecule has 3 heterocycles. The van der Waals surface area contributed by atoms with Crippen LogP contribution >= 0.6 is 34.8 Å². The van der Waals surface area contributed by atoms with E-state index in [-0.39, 0.29) is 6.03 Å². The molecule has 2 aliphatic heterocycles. The summed E-state index contributed by atoms with van der Waals surface area (Å²) in [7, 11) is 1.66. The van der Waals surface area contributed by atoms with Crippen LogP contribution in [0, 0.1) is 0 Å². The first kappa shape index (κ1) is 27.7. The molecule has 1 aromatic heterocycles. The van der Waals surface area contributed by atoms with Crippen LogP contribution in [0.1, 0.15) is 11.1 Å². The van der Waals surface area contributed by atoms with Crippen molar-refractivity contribution in [2.45, 2.75) is 13.1 Å². The van der Waals surface area contributed by atoms with Crippen molar-refractivity contribution in [3.63, 3.8) is 0 Å². The average molecular weight is 609 g/mol. The summed E-state index contributed by atoms with van der Waals surface area (Å²) in [4.78, 5) is 24.1. The molecule has 6 rings (SSSR count). The number of hydrogen-bond acceptors (Lipinski definition) is 5. The third kappa shape index (κ3) is 5.55. The van der Waals surface area contributed by atoms with Gasteiger partial charge < -0.3 is 15.0 Å². The molecular weight excluding hydrogens is 581 g/mol. The molecule has 0 unspecified atom stereocenters. The number of ether oxygens (including phenoxy) is 1. The zero-order valence-corrected chi connectivity index (χ0v) is 24.7. The number of piperazine rings is 1. The van der Waals surface area contributed by atoms with E-state index in [4.69, 9.17) is 39.5 Å². The molecule has 0 atom stereocenters. The van der Waals surface area contributed by atoms with Crippen LogP contribution in [0.4, 0.5) is 22.0 Å². The highest BCUT2D eigenvalue weighted by Gasteiger charge is 2.31. The lowest BCUT2D eigenvalue weighted by Crippen LogP contribution is -2.46. The minimum Gasteiger partial charge on any atom is -0.497 e. The molecule has 0 saturated carbocycles. The van der Waals surface area contributed by atoms with Crippen LogP contribution in [-0.4, -0.2) is 49.2 Å². The lowest BCUT2D eigenvalue weighted by atomic mass is 9.93. The van der Waals surface area contributed by atoms with Crippen LogP contribution in [0.5, 0.6) is 5.75 Å². The van der Waals surface area contributed by atoms with Crippen molar-refractivity contribution in [1.82, 2.24) is 15.2 Å². The molecule has 1 saturated heterocycles. The number of nitrogens with zero attached hydrogens (tertiary/aromatic N) is 4. The molecule has 7 nitrogen and oxygen atoms in total. The van der Waals surface area contributed by atoms with Crippen molar-refractivity contribution >= 4 is 58.0 Å². The number of carbonyl (C=O) groups is 1. The monoisotopic (exact) mass is 607 g/mol. The Morgan fingerprint density at radius 1 is 0.878 bits per heavy atom. The Morgan fingerprint density at radius 3 is 2.34 bits per heavy atom. The average Bonchev–Trinajstić information content (AvgIpc) is 2.98. The van der Waals surface area contributed by atoms with E-state index < -0.39 is 0 Å². The van der Waals surface area contributed by atoms with Gasteiger partial charge in [0.15, 0.2) is 0 Å². The number of para-hydroxylation sites is 1. The van der Waals surface area contributed by atoms with Crippen molar-refractivity contribution in [2.75, 3.05) is 43.1 Å². The van der Waals surface area contributed by atoms with E-state index in [0.717, 1.165) is 65.7 Å². The predicted octanol–water partition coefficient (Wildman–Crippen LogP) is 7.40. The Hall–Kier alpha value is -3.49. The summed E-state index contributed by atoms with van der Waals surface area (Å²) in [5.74, 6) is 1.71. The third-order valence-corrected chi connectivity index (χ3v) is 8.47. The summed E-state index contributed by atoms with van der Waals surface area (Å²) in [5, 5.41) is 4.43. The molecule has 210 valence electrons. The molecule has 0 radical (unpaired) electrons. The van der Waals surface area contributed by atoms with Crippen molar-refractivity contribution in [3.8, 4) is 16.9 Å². The van der Waals surface area contributed by atoms with E-state index in [1.165, 1.54) is 0 Å². The van der Waals surface area contributed by atoms with Gasteiger partial charge >= 0.3 is 6.03 Å². The minimum atomic E-state index is -0.283. The van der Waals surface area contributed by atoms with E-state index in [1.54, 1.807) is 36.4 Å². The SMILES string of the molecule is COc1ccnc(N2CCN(Cc3cc(-c4ccccc4Cl)c4c(c3)N(c3c(Cl)cccc3Cl)C(=O)NC4)CC2)c1. The molecule has 3 aromatic carbocycles. The van der Waals surface area contributed by atoms with Gasteiger partial charge in [-0.05, 0) is 47.5 Å². The van der Waals surface area contributed by atoms with Gasteiger partial charge in [0.25, 0.3) is 0 Å². The van der Waals surface area contributed by atoms with Crippen LogP contribution in [0.2, 0.25) is 15.1 Å². The van der Waals surface area contributed by atoms with E-state index in [2.05, 4.69) is 32.2 Å². The number of hydrogen-bond donors (Lipinski definition) is 1. The van der Waals surface area contributed by atoms with Crippen LogP contribution in [-0.2, 0) is 13.1 Å². The molecule has 0 spiro atoms. The van der Waals surface area contributed by atoms with E-state index in [1.807, 2.05) is 36.4 Å². The molecule has 1 fully saturated rings. The van der Waals surface area contributed by atoms with Gasteiger partial charge in [-0.15, -0.1) is 0 Å². The molecule has 0 bridgehead atoms. The second kappa shape index (κ2) is 11.8. The highest BCUT2D eigenvalue weighted by molar-refractivity contribution is 6.40. The van der Waals surface area contributed by atoms with E-state index in [0.29, 0.717) is 33.8 Å². The Balaban J connectivity index is 1.36. The summed E-state index contributed by atoms with van der Waals surface area (Å²) in [6.07, 6.45) is 1.77. The van der Waals surface area contributed by atoms with Gasteiger partial charge in [-0.2, -0.15) is 0 Å². The standard InChI is InChI=1S/C31H28Cl3N5O2/c1-41-21-9-10-35-29(17-21)38-13-11-37(12-14-38)19-20-15-23(22-5-2-3-6-25(22)32)24-18-36-31(40)39(28(24)16-20)30-26(33)7-4-8-27(30)34/h2-10,15-17H,11-14,18-19H2,1H3,(H,36,40). The second-order valence-electron chi connectivity index (χ2n) is 10.0. The van der Waals surface area contributed by atoms with Crippen molar-refractivity contribution < 1.29 is 9.53 Å². The summed E-state index contributed by atoms with van der Waals surface area (Å²) < 4.78 is 5.37. The van der Waals surface area contributed by atoms with Gasteiger partial charge in [0.05, 0.1) is 28.5 Å². The van der Waals surface area contributed by atoms with Gasteiger partial charge in [-0.3, -0.25) is 9.80 Å². The molecule has 41 heavy (non-hydrogen) atoms. The van der Waals surface area contributed by atoms with Crippen LogP contribution in [0.15, 0.2) is 72.9 Å². The lowest BCUT2D eigenvalue weighted by molar-refractivity contribution is 0.246. The van der Waals surface area contributed by atoms with Gasteiger partial charge in [-0.1, -0.05) is 59.1 Å². The van der Waals surface area contributed by atoms with Gasteiger partial charge in [0.1, 0.15) is 11.6 Å². The predicted molar refractivity (Wildman–Crippen MR) is 166 cm³/mol. The molecule has 10 heteroatoms. The number of rotatable bonds is 6. The maximum Gasteiger partial charge on any atom is 0.326 e. The number of fused-ring (bicyclic) bond motifs is 1. The Kier molecular flexibility index (Phi) is 7.95. The highest BCUT2D eigenvalue weighted by Crippen LogP contribution is 2.44. The number of nitrogens with one attached hydrogen (secondary N) is 1. The van der Waals surface area contributed by atoms with Gasteiger partial charge in [-0.25, -0.2) is 9.78 Å². The number of aromatic nitrogens is 1. The smallest absolute Gasteiger partial charge is 0.326 e. The number of anilines is 3. The number of urea groups is 1. The van der Waals surface area contributed by atoms with Crippen LogP contribution in [0.3, 0.4) is 0 Å². The Morgan fingerprint density at radius 2 is 1.61 bits per heavy atom. The van der Waals surface area contributed by atoms with Gasteiger partial charge in [0, 0.05) is 67.7 Å². The lowest BCUT2D eigenvalue weighted by Gasteiger charge is -2.36. The minimum absolute atomic E-state index is 0.283. The molecule has 0 aliphatic carbocycles. The zero-order chi connectivity index (χ0) is 28.5. The first-order valence-corrected chi connectivity index (χ1v) is 14.5. The van der Waals surface area contributed by atoms with E-state index in [9.17, 15) is 4.79 Å². The maximum atomic E-state index is 13.3. The molecule has 2 aliphatic rings. The maximum absolute atomic E-state index is 13.3. The summed E-state index contributed by atoms with van der Waals surface area (Å²) >= 11 is 19.9. The molecule has 2 amide bonds. The number of carbonyl (C=O) groups excluding carboxylic acids is 1. The Labute approximate surface area is 254 Å². The fraction of sp³-hybridized carbons (Fsp3) is 0.226. The largest absolute Gasteiger partial charge is 0.497 e. The molecular formula is C31H28Cl3N5O2. The number of benzene rings is 3. The topological polar surface area (TPSA) is 60.9 Å². The fourth-order valence-corrected chi connectivity index (χ4v) is 6.29. The van der Waals surface area contributed by atoms with Crippen molar-refractivity contribution in [2.24, 2.45) is 0 Å². The zero-order valence-electron chi connectivity index (χ0n) is 22.4. The summed E-state index contributed by atoms with van der Waals surface area (Å²) in [6, 6.07) is 20.8. The first-order chi connectivity index (χ1) is 19.9. The van der Waals surface area contributed by atoms with Crippen molar-refractivity contribution in [1.29, 1.82) is 0 Å². The van der Waals surface area contributed by atoms with Crippen LogP contribution in [0.25, 0.3) is 11.1 Å². The number of pyridine rings is 1. The highest BCUT2D eigenvalue weighted by atomic mass is 35.5. The normalized spacial score (nSPS) is 15.5. The summed E-state index contributed by atoms with van der Waals surface area (Å²) in [6.45, 7) is 4.46. The molecule has 1 N–H and O–H groups in total. The third-order valence-electron chi connectivity index (χ3n) is 7.53. The number of methoxy groups -OCH3 is 1. The second-order valence-corrected chi connectivity index (χ2v) is 11.2. The first-order valence-electron chi connectivity index (χ1n) is 13.3. The fourth-order valence-electron chi connectivity index (χ4n) is 5.48. The van der Waals surface area contributed by atoms with Crippen molar-refractivity contribution in [3.05, 3.63) is 99.1 Å². The van der Waals surface area contributed by atoms with Gasteiger partial charge in [0.2, 0.25) is 0 Å².